The first-order valence-corrected chi connectivity index (χ1v) is 7.01. The minimum atomic E-state index is -0.791. The highest BCUT2D eigenvalue weighted by molar-refractivity contribution is 5.76. The summed E-state index contributed by atoms with van der Waals surface area (Å²) >= 11 is 0. The lowest BCUT2D eigenvalue weighted by Gasteiger charge is -2.13. The Bertz CT molecular complexity index is 615. The van der Waals surface area contributed by atoms with E-state index in [0.717, 1.165) is 42.9 Å². The van der Waals surface area contributed by atoms with E-state index in [9.17, 15) is 4.79 Å². The number of aryl methyl sites for hydroxylation is 1. The number of aromatic nitrogens is 2. The van der Waals surface area contributed by atoms with Crippen molar-refractivity contribution in [3.8, 4) is 0 Å². The number of ether oxygens (including phenoxy) is 1. The molecule has 1 aromatic heterocycles. The van der Waals surface area contributed by atoms with E-state index in [-0.39, 0.29) is 12.5 Å². The quantitative estimate of drug-likeness (QED) is 0.908. The average Bonchev–Trinajstić information content (AvgIpc) is 3.05. The summed E-state index contributed by atoms with van der Waals surface area (Å²) in [6.45, 7) is 1.58. The van der Waals surface area contributed by atoms with Crippen LogP contribution in [0.1, 0.15) is 25.1 Å². The van der Waals surface area contributed by atoms with Gasteiger partial charge >= 0.3 is 5.97 Å². The van der Waals surface area contributed by atoms with Crippen molar-refractivity contribution >= 4 is 17.0 Å². The third-order valence-corrected chi connectivity index (χ3v) is 3.71. The lowest BCUT2D eigenvalue weighted by Crippen LogP contribution is -2.17. The molecule has 20 heavy (non-hydrogen) atoms. The van der Waals surface area contributed by atoms with Gasteiger partial charge in [0.2, 0.25) is 0 Å². The molecular weight excluding hydrogens is 256 g/mol. The lowest BCUT2D eigenvalue weighted by molar-refractivity contribution is -0.137. The van der Waals surface area contributed by atoms with E-state index in [1.807, 2.05) is 24.3 Å². The van der Waals surface area contributed by atoms with Gasteiger partial charge in [-0.05, 0) is 25.0 Å². The zero-order valence-corrected chi connectivity index (χ0v) is 11.3. The Morgan fingerprint density at radius 1 is 1.45 bits per heavy atom. The van der Waals surface area contributed by atoms with Crippen molar-refractivity contribution in [2.24, 2.45) is 0 Å². The maximum absolute atomic E-state index is 10.8. The maximum Gasteiger partial charge on any atom is 0.303 e. The van der Waals surface area contributed by atoms with E-state index in [2.05, 4.69) is 9.55 Å². The van der Waals surface area contributed by atoms with Crippen LogP contribution < -0.4 is 0 Å². The van der Waals surface area contributed by atoms with Crippen LogP contribution in [-0.4, -0.2) is 33.3 Å². The van der Waals surface area contributed by atoms with E-state index in [4.69, 9.17) is 9.84 Å². The molecule has 1 atom stereocenters. The van der Waals surface area contributed by atoms with Gasteiger partial charge in [0.05, 0.1) is 30.1 Å². The maximum atomic E-state index is 10.8. The van der Waals surface area contributed by atoms with E-state index in [0.29, 0.717) is 6.42 Å². The van der Waals surface area contributed by atoms with Crippen LogP contribution in [0, 0.1) is 0 Å². The summed E-state index contributed by atoms with van der Waals surface area (Å²) < 4.78 is 7.81. The number of benzene rings is 1. The van der Waals surface area contributed by atoms with E-state index in [1.165, 1.54) is 0 Å². The fourth-order valence-electron chi connectivity index (χ4n) is 2.73. The van der Waals surface area contributed by atoms with E-state index >= 15 is 0 Å². The largest absolute Gasteiger partial charge is 0.481 e. The number of rotatable bonds is 5. The molecule has 1 aromatic carbocycles. The topological polar surface area (TPSA) is 64.3 Å². The smallest absolute Gasteiger partial charge is 0.303 e. The Labute approximate surface area is 117 Å². The molecule has 0 saturated carbocycles. The molecule has 2 heterocycles. The monoisotopic (exact) mass is 274 g/mol. The predicted molar refractivity (Wildman–Crippen MR) is 74.7 cm³/mol. The molecule has 2 aromatic rings. The number of carboxylic acid groups (broad SMARTS) is 1. The van der Waals surface area contributed by atoms with Crippen LogP contribution in [0.25, 0.3) is 11.0 Å². The SMILES string of the molecule is O=C(O)CCc1nc2ccccc2n1CC1CCCO1. The Balaban J connectivity index is 1.91. The summed E-state index contributed by atoms with van der Waals surface area (Å²) in [6.07, 6.45) is 2.94. The molecular formula is C15H18N2O3. The Morgan fingerprint density at radius 3 is 3.05 bits per heavy atom. The molecule has 1 aliphatic heterocycles. The summed E-state index contributed by atoms with van der Waals surface area (Å²) in [5, 5.41) is 8.86. The molecule has 1 aliphatic rings. The van der Waals surface area contributed by atoms with Crippen molar-refractivity contribution < 1.29 is 14.6 Å². The first-order valence-electron chi connectivity index (χ1n) is 7.01. The van der Waals surface area contributed by atoms with Crippen molar-refractivity contribution in [1.82, 2.24) is 9.55 Å². The average molecular weight is 274 g/mol. The fourth-order valence-corrected chi connectivity index (χ4v) is 2.73. The highest BCUT2D eigenvalue weighted by atomic mass is 16.5. The van der Waals surface area contributed by atoms with Gasteiger partial charge in [0, 0.05) is 13.0 Å². The fraction of sp³-hybridized carbons (Fsp3) is 0.467. The normalized spacial score (nSPS) is 18.7. The van der Waals surface area contributed by atoms with Crippen LogP contribution in [0.4, 0.5) is 0 Å². The highest BCUT2D eigenvalue weighted by Crippen LogP contribution is 2.21. The molecule has 0 aliphatic carbocycles. The van der Waals surface area contributed by atoms with Crippen LogP contribution >= 0.6 is 0 Å². The van der Waals surface area contributed by atoms with Gasteiger partial charge in [0.15, 0.2) is 0 Å². The van der Waals surface area contributed by atoms with Crippen molar-refractivity contribution in [2.75, 3.05) is 6.61 Å². The summed E-state index contributed by atoms with van der Waals surface area (Å²) in [6, 6.07) is 7.93. The summed E-state index contributed by atoms with van der Waals surface area (Å²) in [5.74, 6) is 0.0461. The molecule has 0 amide bonds. The molecule has 1 unspecified atom stereocenters. The van der Waals surface area contributed by atoms with Crippen LogP contribution in [0.15, 0.2) is 24.3 Å². The van der Waals surface area contributed by atoms with Gasteiger partial charge in [0.1, 0.15) is 5.82 Å². The van der Waals surface area contributed by atoms with Gasteiger partial charge in [-0.1, -0.05) is 12.1 Å². The number of fused-ring (bicyclic) bond motifs is 1. The van der Waals surface area contributed by atoms with Crippen LogP contribution in [-0.2, 0) is 22.5 Å². The first kappa shape index (κ1) is 13.1. The van der Waals surface area contributed by atoms with E-state index in [1.54, 1.807) is 0 Å². The molecule has 1 N–H and O–H groups in total. The van der Waals surface area contributed by atoms with Gasteiger partial charge in [0.25, 0.3) is 0 Å². The molecule has 5 nitrogen and oxygen atoms in total. The van der Waals surface area contributed by atoms with Crippen molar-refractivity contribution in [3.05, 3.63) is 30.1 Å². The van der Waals surface area contributed by atoms with E-state index < -0.39 is 5.97 Å². The molecule has 0 bridgehead atoms. The Morgan fingerprint density at radius 2 is 2.30 bits per heavy atom. The number of hydrogen-bond donors (Lipinski definition) is 1. The Kier molecular flexibility index (Phi) is 3.69. The number of para-hydroxylation sites is 2. The number of nitrogens with zero attached hydrogens (tertiary/aromatic N) is 2. The van der Waals surface area contributed by atoms with Gasteiger partial charge in [-0.3, -0.25) is 4.79 Å². The second-order valence-electron chi connectivity index (χ2n) is 5.16. The molecule has 0 radical (unpaired) electrons. The van der Waals surface area contributed by atoms with Gasteiger partial charge in [-0.2, -0.15) is 0 Å². The minimum Gasteiger partial charge on any atom is -0.481 e. The number of aliphatic carboxylic acids is 1. The minimum absolute atomic E-state index is 0.106. The third-order valence-electron chi connectivity index (χ3n) is 3.71. The summed E-state index contributed by atoms with van der Waals surface area (Å²) in [5.41, 5.74) is 1.98. The molecule has 0 spiro atoms. The lowest BCUT2D eigenvalue weighted by atomic mass is 10.2. The highest BCUT2D eigenvalue weighted by Gasteiger charge is 2.19. The second-order valence-corrected chi connectivity index (χ2v) is 5.16. The second kappa shape index (κ2) is 5.63. The van der Waals surface area contributed by atoms with Crippen LogP contribution in [0.5, 0.6) is 0 Å². The zero-order valence-electron chi connectivity index (χ0n) is 11.3. The zero-order chi connectivity index (χ0) is 13.9. The predicted octanol–water partition coefficient (Wildman–Crippen LogP) is 2.23. The molecule has 5 heteroatoms. The summed E-state index contributed by atoms with van der Waals surface area (Å²) in [7, 11) is 0. The third kappa shape index (κ3) is 2.67. The van der Waals surface area contributed by atoms with Crippen molar-refractivity contribution in [2.45, 2.75) is 38.3 Å². The molecule has 106 valence electrons. The Hall–Kier alpha value is -1.88. The van der Waals surface area contributed by atoms with Gasteiger partial charge < -0.3 is 14.4 Å². The van der Waals surface area contributed by atoms with Gasteiger partial charge in [-0.15, -0.1) is 0 Å². The number of carboxylic acids is 1. The molecule has 3 rings (SSSR count). The molecule has 1 saturated heterocycles. The van der Waals surface area contributed by atoms with Crippen molar-refractivity contribution in [1.29, 1.82) is 0 Å². The van der Waals surface area contributed by atoms with Crippen LogP contribution in [0.2, 0.25) is 0 Å². The number of carbonyl (C=O) groups is 1. The van der Waals surface area contributed by atoms with Crippen LogP contribution in [0.3, 0.4) is 0 Å². The summed E-state index contributed by atoms with van der Waals surface area (Å²) in [4.78, 5) is 15.4. The molecule has 1 fully saturated rings. The number of imidazole rings is 1. The van der Waals surface area contributed by atoms with Crippen molar-refractivity contribution in [3.63, 3.8) is 0 Å². The standard InChI is InChI=1S/C15H18N2O3/c18-15(19)8-7-14-16-12-5-1-2-6-13(12)17(14)10-11-4-3-9-20-11/h1-2,5-6,11H,3-4,7-10H2,(H,18,19). The first-order chi connectivity index (χ1) is 9.74. The van der Waals surface area contributed by atoms with Gasteiger partial charge in [-0.25, -0.2) is 4.98 Å². The number of hydrogen-bond acceptors (Lipinski definition) is 3.